The van der Waals surface area contributed by atoms with Gasteiger partial charge in [0.1, 0.15) is 11.8 Å². The van der Waals surface area contributed by atoms with E-state index in [2.05, 4.69) is 10.1 Å². The van der Waals surface area contributed by atoms with E-state index in [1.54, 1.807) is 4.52 Å². The SMILES string of the molecule is Nc1ncnn2c(CCCO)ccc12. The van der Waals surface area contributed by atoms with Gasteiger partial charge in [-0.15, -0.1) is 0 Å². The van der Waals surface area contributed by atoms with E-state index in [0.29, 0.717) is 5.82 Å². The average molecular weight is 192 g/mol. The van der Waals surface area contributed by atoms with Gasteiger partial charge < -0.3 is 10.8 Å². The van der Waals surface area contributed by atoms with Crippen molar-refractivity contribution in [3.63, 3.8) is 0 Å². The molecule has 0 radical (unpaired) electrons. The number of nitrogens with zero attached hydrogens (tertiary/aromatic N) is 3. The molecule has 0 fully saturated rings. The lowest BCUT2D eigenvalue weighted by Crippen LogP contribution is -2.02. The van der Waals surface area contributed by atoms with Crippen molar-refractivity contribution in [2.75, 3.05) is 12.3 Å². The van der Waals surface area contributed by atoms with Gasteiger partial charge in [0.05, 0.1) is 0 Å². The topological polar surface area (TPSA) is 76.4 Å². The van der Waals surface area contributed by atoms with Crippen LogP contribution < -0.4 is 5.73 Å². The van der Waals surface area contributed by atoms with Gasteiger partial charge in [-0.1, -0.05) is 0 Å². The van der Waals surface area contributed by atoms with Crippen LogP contribution in [-0.4, -0.2) is 26.3 Å². The van der Waals surface area contributed by atoms with Gasteiger partial charge in [-0.05, 0) is 25.0 Å². The van der Waals surface area contributed by atoms with Crippen LogP contribution in [0.5, 0.6) is 0 Å². The van der Waals surface area contributed by atoms with Gasteiger partial charge >= 0.3 is 0 Å². The minimum atomic E-state index is 0.188. The van der Waals surface area contributed by atoms with E-state index in [9.17, 15) is 0 Å². The zero-order chi connectivity index (χ0) is 9.97. The third-order valence-electron chi connectivity index (χ3n) is 2.15. The van der Waals surface area contributed by atoms with Crippen LogP contribution in [0.15, 0.2) is 18.5 Å². The summed E-state index contributed by atoms with van der Waals surface area (Å²) in [5.41, 5.74) is 7.54. The molecule has 0 saturated heterocycles. The van der Waals surface area contributed by atoms with Crippen LogP contribution in [0.25, 0.3) is 5.52 Å². The van der Waals surface area contributed by atoms with Crippen LogP contribution in [-0.2, 0) is 6.42 Å². The van der Waals surface area contributed by atoms with Crippen molar-refractivity contribution in [1.29, 1.82) is 0 Å². The molecule has 3 N–H and O–H groups in total. The summed E-state index contributed by atoms with van der Waals surface area (Å²) in [6.07, 6.45) is 2.96. The highest BCUT2D eigenvalue weighted by Gasteiger charge is 2.04. The molecule has 2 rings (SSSR count). The molecule has 2 aromatic heterocycles. The van der Waals surface area contributed by atoms with E-state index in [-0.39, 0.29) is 6.61 Å². The number of hydrogen-bond donors (Lipinski definition) is 2. The molecule has 14 heavy (non-hydrogen) atoms. The molecule has 2 aromatic rings. The second-order valence-corrected chi connectivity index (χ2v) is 3.09. The number of hydrogen-bond acceptors (Lipinski definition) is 4. The second-order valence-electron chi connectivity index (χ2n) is 3.09. The number of rotatable bonds is 3. The fourth-order valence-corrected chi connectivity index (χ4v) is 1.46. The Morgan fingerprint density at radius 1 is 1.43 bits per heavy atom. The Labute approximate surface area is 81.2 Å². The lowest BCUT2D eigenvalue weighted by Gasteiger charge is -2.00. The summed E-state index contributed by atoms with van der Waals surface area (Å²) in [5, 5.41) is 12.8. The molecule has 5 heteroatoms. The highest BCUT2D eigenvalue weighted by Crippen LogP contribution is 2.13. The molecule has 0 aromatic carbocycles. The van der Waals surface area contributed by atoms with E-state index in [4.69, 9.17) is 10.8 Å². The normalized spacial score (nSPS) is 10.9. The first-order chi connectivity index (χ1) is 6.83. The van der Waals surface area contributed by atoms with Crippen LogP contribution in [0.4, 0.5) is 5.82 Å². The van der Waals surface area contributed by atoms with E-state index in [1.807, 2.05) is 12.1 Å². The first-order valence-electron chi connectivity index (χ1n) is 4.51. The van der Waals surface area contributed by atoms with E-state index in [0.717, 1.165) is 24.1 Å². The molecular weight excluding hydrogens is 180 g/mol. The molecule has 0 aliphatic heterocycles. The summed E-state index contributed by atoms with van der Waals surface area (Å²) in [4.78, 5) is 3.90. The lowest BCUT2D eigenvalue weighted by molar-refractivity contribution is 0.288. The zero-order valence-corrected chi connectivity index (χ0v) is 7.72. The molecule has 0 aliphatic carbocycles. The Morgan fingerprint density at radius 3 is 3.07 bits per heavy atom. The third kappa shape index (κ3) is 1.42. The Hall–Kier alpha value is -1.62. The molecule has 0 aliphatic rings. The van der Waals surface area contributed by atoms with Crippen molar-refractivity contribution in [3.8, 4) is 0 Å². The van der Waals surface area contributed by atoms with Gasteiger partial charge in [-0.25, -0.2) is 9.50 Å². The van der Waals surface area contributed by atoms with Crippen LogP contribution in [0.2, 0.25) is 0 Å². The van der Waals surface area contributed by atoms with Crippen molar-refractivity contribution in [3.05, 3.63) is 24.2 Å². The summed E-state index contributed by atoms with van der Waals surface area (Å²) >= 11 is 0. The maximum atomic E-state index is 8.73. The van der Waals surface area contributed by atoms with Gasteiger partial charge in [-0.2, -0.15) is 5.10 Å². The average Bonchev–Trinajstić information content (AvgIpc) is 2.60. The Kier molecular flexibility index (Phi) is 2.32. The largest absolute Gasteiger partial charge is 0.396 e. The molecule has 0 atom stereocenters. The molecule has 0 unspecified atom stereocenters. The van der Waals surface area contributed by atoms with Crippen LogP contribution >= 0.6 is 0 Å². The summed E-state index contributed by atoms with van der Waals surface area (Å²) in [5.74, 6) is 0.482. The maximum absolute atomic E-state index is 8.73. The lowest BCUT2D eigenvalue weighted by atomic mass is 10.2. The fraction of sp³-hybridized carbons (Fsp3) is 0.333. The second kappa shape index (κ2) is 3.63. The van der Waals surface area contributed by atoms with Crippen LogP contribution in [0, 0.1) is 0 Å². The summed E-state index contributed by atoms with van der Waals surface area (Å²) < 4.78 is 1.76. The van der Waals surface area contributed by atoms with Crippen molar-refractivity contribution in [2.45, 2.75) is 12.8 Å². The van der Waals surface area contributed by atoms with Gasteiger partial charge in [0.15, 0.2) is 5.82 Å². The van der Waals surface area contributed by atoms with Gasteiger partial charge in [0.2, 0.25) is 0 Å². The standard InChI is InChI=1S/C9H12N4O/c10-9-8-4-3-7(2-1-5-14)13(8)12-6-11-9/h3-4,6,14H,1-2,5H2,(H2,10,11,12). The predicted octanol–water partition coefficient (Wildman–Crippen LogP) is 0.236. The van der Waals surface area contributed by atoms with Crippen LogP contribution in [0.1, 0.15) is 12.1 Å². The first-order valence-corrected chi connectivity index (χ1v) is 4.51. The summed E-state index contributed by atoms with van der Waals surface area (Å²) in [7, 11) is 0. The van der Waals surface area contributed by atoms with E-state index in [1.165, 1.54) is 6.33 Å². The molecule has 5 nitrogen and oxygen atoms in total. The molecule has 0 bridgehead atoms. The fourth-order valence-electron chi connectivity index (χ4n) is 1.46. The zero-order valence-electron chi connectivity index (χ0n) is 7.72. The van der Waals surface area contributed by atoms with Crippen molar-refractivity contribution < 1.29 is 5.11 Å². The van der Waals surface area contributed by atoms with E-state index >= 15 is 0 Å². The molecule has 2 heterocycles. The monoisotopic (exact) mass is 192 g/mol. The molecular formula is C9H12N4O. The quantitative estimate of drug-likeness (QED) is 0.730. The van der Waals surface area contributed by atoms with Crippen molar-refractivity contribution >= 4 is 11.3 Å². The smallest absolute Gasteiger partial charge is 0.151 e. The number of fused-ring (bicyclic) bond motifs is 1. The number of aliphatic hydroxyl groups is 1. The highest BCUT2D eigenvalue weighted by atomic mass is 16.2. The molecule has 0 spiro atoms. The third-order valence-corrected chi connectivity index (χ3v) is 2.15. The first kappa shape index (κ1) is 8.96. The number of nitrogens with two attached hydrogens (primary N) is 1. The Morgan fingerprint density at radius 2 is 2.29 bits per heavy atom. The number of aryl methyl sites for hydroxylation is 1. The van der Waals surface area contributed by atoms with Crippen LogP contribution in [0.3, 0.4) is 0 Å². The highest BCUT2D eigenvalue weighted by molar-refractivity contribution is 5.65. The Bertz CT molecular complexity index is 437. The maximum Gasteiger partial charge on any atom is 0.151 e. The number of aliphatic hydroxyl groups excluding tert-OH is 1. The van der Waals surface area contributed by atoms with Crippen molar-refractivity contribution in [2.24, 2.45) is 0 Å². The minimum absolute atomic E-state index is 0.188. The van der Waals surface area contributed by atoms with Crippen molar-refractivity contribution in [1.82, 2.24) is 14.6 Å². The van der Waals surface area contributed by atoms with Gasteiger partial charge in [0, 0.05) is 12.3 Å². The minimum Gasteiger partial charge on any atom is -0.396 e. The molecule has 0 saturated carbocycles. The number of nitrogen functional groups attached to an aromatic ring is 1. The van der Waals surface area contributed by atoms with E-state index < -0.39 is 0 Å². The molecule has 0 amide bonds. The summed E-state index contributed by atoms with van der Waals surface area (Å²) in [6, 6.07) is 3.85. The van der Waals surface area contributed by atoms with Gasteiger partial charge in [0.25, 0.3) is 0 Å². The summed E-state index contributed by atoms with van der Waals surface area (Å²) in [6.45, 7) is 0.188. The Balaban J connectivity index is 2.42. The number of aromatic nitrogens is 3. The van der Waals surface area contributed by atoms with Gasteiger partial charge in [-0.3, -0.25) is 0 Å². The molecule has 74 valence electrons. The predicted molar refractivity (Wildman–Crippen MR) is 52.8 cm³/mol. The number of anilines is 1.